The van der Waals surface area contributed by atoms with Gasteiger partial charge in [0.05, 0.1) is 5.71 Å². The maximum atomic E-state index is 13.4. The number of nitrogens with zero attached hydrogens (tertiary/aromatic N) is 3. The third-order valence-electron chi connectivity index (χ3n) is 7.70. The molecule has 0 spiro atoms. The van der Waals surface area contributed by atoms with Gasteiger partial charge in [0.25, 0.3) is 6.48 Å². The first-order valence-corrected chi connectivity index (χ1v) is 16.9. The predicted octanol–water partition coefficient (Wildman–Crippen LogP) is 7.35. The lowest BCUT2D eigenvalue weighted by atomic mass is 9.94. The van der Waals surface area contributed by atoms with Crippen molar-refractivity contribution in [2.45, 2.75) is 60.4 Å². The van der Waals surface area contributed by atoms with Crippen molar-refractivity contribution in [2.75, 3.05) is 31.2 Å². The molecule has 44 heavy (non-hydrogen) atoms. The lowest BCUT2D eigenvalue weighted by Crippen LogP contribution is -2.37. The molecule has 1 aliphatic heterocycles. The number of hydrogen-bond acceptors (Lipinski definition) is 6. The van der Waals surface area contributed by atoms with Crippen molar-refractivity contribution in [3.63, 3.8) is 0 Å². The summed E-state index contributed by atoms with van der Waals surface area (Å²) < 4.78 is 17.7. The van der Waals surface area contributed by atoms with Crippen LogP contribution in [0.4, 0.5) is 10.1 Å². The van der Waals surface area contributed by atoms with E-state index in [0.717, 1.165) is 66.5 Å². The number of likely N-dealkylation sites (tertiary alicyclic amines) is 1. The summed E-state index contributed by atoms with van der Waals surface area (Å²) in [5.74, 6) is 1.66. The second kappa shape index (κ2) is 17.0. The molecule has 236 valence electrons. The fraction of sp³-hybridized carbons (Fsp3) is 0.412. The van der Waals surface area contributed by atoms with Gasteiger partial charge in [0.2, 0.25) is 5.91 Å². The van der Waals surface area contributed by atoms with Crippen molar-refractivity contribution in [1.29, 1.82) is 0 Å². The maximum absolute atomic E-state index is 13.4. The first-order chi connectivity index (χ1) is 21.0. The quantitative estimate of drug-likeness (QED) is 0.0847. The molecule has 0 saturated carbocycles. The van der Waals surface area contributed by atoms with Gasteiger partial charge in [-0.3, -0.25) is 20.3 Å². The summed E-state index contributed by atoms with van der Waals surface area (Å²) in [5, 5.41) is 3.36. The number of carbonyl (C=O) groups is 2. The van der Waals surface area contributed by atoms with Gasteiger partial charge in [0, 0.05) is 43.7 Å². The minimum atomic E-state index is -1.86. The van der Waals surface area contributed by atoms with Crippen molar-refractivity contribution in [2.24, 2.45) is 21.6 Å². The molecule has 0 radical (unpaired) electrons. The number of rotatable bonds is 12. The zero-order valence-electron chi connectivity index (χ0n) is 26.6. The van der Waals surface area contributed by atoms with E-state index in [2.05, 4.69) is 22.0 Å². The van der Waals surface area contributed by atoms with Crippen LogP contribution in [0.5, 0.6) is 5.75 Å². The topological polar surface area (TPSA) is 109 Å². The molecule has 10 heteroatoms. The molecule has 0 aromatic heterocycles. The highest BCUT2D eigenvalue weighted by Crippen LogP contribution is 2.39. The van der Waals surface area contributed by atoms with Gasteiger partial charge < -0.3 is 15.0 Å². The van der Waals surface area contributed by atoms with Gasteiger partial charge in [-0.1, -0.05) is 18.2 Å². The Balaban J connectivity index is 1.65. The number of aryl methyl sites for hydroxylation is 1. The lowest BCUT2D eigenvalue weighted by molar-refractivity contribution is -0.130. The summed E-state index contributed by atoms with van der Waals surface area (Å²) >= 11 is 0. The van der Waals surface area contributed by atoms with Gasteiger partial charge in [-0.15, -0.1) is 0 Å². The Kier molecular flexibility index (Phi) is 13.4. The number of aliphatic imine (C=N–C) groups is 2. The molecule has 2 unspecified atom stereocenters. The molecule has 0 aliphatic carbocycles. The van der Waals surface area contributed by atoms with E-state index in [0.29, 0.717) is 23.2 Å². The number of ether oxygens (including phenoxy) is 1. The highest BCUT2D eigenvalue weighted by atomic mass is 31.1. The van der Waals surface area contributed by atoms with Crippen molar-refractivity contribution in [1.82, 2.24) is 4.90 Å². The van der Waals surface area contributed by atoms with Crippen LogP contribution in [0.3, 0.4) is 0 Å². The van der Waals surface area contributed by atoms with Gasteiger partial charge in [0.1, 0.15) is 5.75 Å². The molecule has 8 nitrogen and oxygen atoms in total. The maximum Gasteiger partial charge on any atom is 0.294 e. The monoisotopic (exact) mass is 621 g/mol. The van der Waals surface area contributed by atoms with Crippen LogP contribution in [0, 0.1) is 12.8 Å². The molecule has 2 aromatic carbocycles. The third kappa shape index (κ3) is 10.5. The second-order valence-electron chi connectivity index (χ2n) is 11.1. The van der Waals surface area contributed by atoms with E-state index in [-0.39, 0.29) is 11.4 Å². The third-order valence-corrected chi connectivity index (χ3v) is 9.57. The Labute approximate surface area is 262 Å². The number of allylic oxidation sites excluding steroid dienone is 2. The zero-order valence-corrected chi connectivity index (χ0v) is 27.5. The first kappa shape index (κ1) is 34.8. The zero-order chi connectivity index (χ0) is 32.2. The van der Waals surface area contributed by atoms with E-state index in [9.17, 15) is 14.0 Å². The molecule has 3 rings (SSSR count). The van der Waals surface area contributed by atoms with Crippen LogP contribution in [0.2, 0.25) is 0 Å². The number of nitrogens with one attached hydrogen (secondary N) is 1. The van der Waals surface area contributed by atoms with E-state index in [1.807, 2.05) is 69.0 Å². The Morgan fingerprint density at radius 1 is 1.14 bits per heavy atom. The number of alkyl halides is 1. The minimum Gasteiger partial charge on any atom is -0.448 e. The van der Waals surface area contributed by atoms with Crippen LogP contribution >= 0.6 is 7.92 Å². The van der Waals surface area contributed by atoms with Crippen molar-refractivity contribution >= 4 is 42.2 Å². The number of anilines is 1. The molecule has 1 fully saturated rings. The average molecular weight is 622 g/mol. The molecular formula is C34H45FN5O3P. The van der Waals surface area contributed by atoms with Gasteiger partial charge in [-0.2, -0.15) is 4.39 Å². The number of amidine groups is 1. The Morgan fingerprint density at radius 3 is 2.41 bits per heavy atom. The Bertz CT molecular complexity index is 1410. The van der Waals surface area contributed by atoms with Crippen LogP contribution in [-0.4, -0.2) is 60.3 Å². The number of piperidine rings is 1. The van der Waals surface area contributed by atoms with Crippen LogP contribution in [0.25, 0.3) is 5.57 Å². The average Bonchev–Trinajstić information content (AvgIpc) is 3.00. The summed E-state index contributed by atoms with van der Waals surface area (Å²) in [6.45, 7) is 11.2. The fourth-order valence-corrected chi connectivity index (χ4v) is 6.58. The number of carbonyl (C=O) groups excluding carboxylic acids is 2. The number of halogens is 1. The van der Waals surface area contributed by atoms with E-state index >= 15 is 0 Å². The summed E-state index contributed by atoms with van der Waals surface area (Å²) in [4.78, 5) is 36.0. The molecular weight excluding hydrogens is 576 g/mol. The van der Waals surface area contributed by atoms with Gasteiger partial charge >= 0.3 is 0 Å². The lowest BCUT2D eigenvalue weighted by Gasteiger charge is -2.31. The Hall–Kier alpha value is -3.68. The molecule has 1 heterocycles. The Morgan fingerprint density at radius 2 is 1.82 bits per heavy atom. The predicted molar refractivity (Wildman–Crippen MR) is 182 cm³/mol. The standard InChI is InChI=1S/C34H45FN5O3P/c1-7-17-37-32(25(4)38-22-24(3)28-8-11-30(12-9-28)43-34(35)36)39-29-10-13-31(23(2)21-29)33(42)44(6)20-16-27-14-18-40(19-15-27)26(5)41/h7-13,17,21-22,27,34H,14-16,18-20,36H2,1-6H3,(H,37,39)/b17-7-,24-22+,38-25?. The van der Waals surface area contributed by atoms with Crippen molar-refractivity contribution < 1.29 is 18.7 Å². The van der Waals surface area contributed by atoms with Crippen molar-refractivity contribution in [3.05, 3.63) is 77.6 Å². The molecule has 1 saturated heterocycles. The highest BCUT2D eigenvalue weighted by Gasteiger charge is 2.23. The van der Waals surface area contributed by atoms with E-state index in [1.165, 1.54) is 0 Å². The largest absolute Gasteiger partial charge is 0.448 e. The van der Waals surface area contributed by atoms with Crippen LogP contribution < -0.4 is 15.8 Å². The number of nitrogens with two attached hydrogens (primary N) is 1. The second-order valence-corrected chi connectivity index (χ2v) is 13.3. The van der Waals surface area contributed by atoms with E-state index in [4.69, 9.17) is 10.5 Å². The van der Waals surface area contributed by atoms with Gasteiger partial charge in [-0.25, -0.2) is 4.99 Å². The minimum absolute atomic E-state index is 0.149. The molecule has 2 aromatic rings. The van der Waals surface area contributed by atoms with Crippen LogP contribution in [-0.2, 0) is 4.79 Å². The summed E-state index contributed by atoms with van der Waals surface area (Å²) in [6, 6.07) is 12.7. The summed E-state index contributed by atoms with van der Waals surface area (Å²) in [6.07, 6.45) is 9.27. The first-order valence-electron chi connectivity index (χ1n) is 14.9. The summed E-state index contributed by atoms with van der Waals surface area (Å²) in [7, 11) is -0.791. The molecule has 2 atom stereocenters. The summed E-state index contributed by atoms with van der Waals surface area (Å²) in [5.41, 5.74) is 10.2. The number of amides is 1. The van der Waals surface area contributed by atoms with E-state index < -0.39 is 14.4 Å². The highest BCUT2D eigenvalue weighted by molar-refractivity contribution is 7.74. The molecule has 0 bridgehead atoms. The van der Waals surface area contributed by atoms with E-state index in [1.54, 1.807) is 31.5 Å². The number of hydrogen-bond donors (Lipinski definition) is 2. The molecule has 3 N–H and O–H groups in total. The normalized spacial score (nSPS) is 16.6. The smallest absolute Gasteiger partial charge is 0.294 e. The van der Waals surface area contributed by atoms with Gasteiger partial charge in [0.15, 0.2) is 11.4 Å². The van der Waals surface area contributed by atoms with Crippen LogP contribution in [0.15, 0.2) is 70.9 Å². The number of benzene rings is 2. The molecule has 1 amide bonds. The SMILES string of the molecule is C/C=C\N=C(Nc1ccc(C(=O)P(C)CCC2CCN(C(C)=O)CC2)c(C)c1)C(C)=N/C=C(\C)c1ccc(OC(N)F)cc1. The van der Waals surface area contributed by atoms with Crippen LogP contribution in [0.1, 0.15) is 68.4 Å². The van der Waals surface area contributed by atoms with Gasteiger partial charge in [-0.05, 0) is 121 Å². The molecule has 1 aliphatic rings. The van der Waals surface area contributed by atoms with Crippen molar-refractivity contribution in [3.8, 4) is 5.75 Å². The fourth-order valence-electron chi connectivity index (χ4n) is 4.96.